The second kappa shape index (κ2) is 4.00. The Morgan fingerprint density at radius 1 is 1.33 bits per heavy atom. The van der Waals surface area contributed by atoms with Crippen molar-refractivity contribution in [3.8, 4) is 5.75 Å². The lowest BCUT2D eigenvalue weighted by atomic mass is 9.50. The Bertz CT molecular complexity index is 617. The summed E-state index contributed by atoms with van der Waals surface area (Å²) in [4.78, 5) is 12.7. The molecule has 4 saturated carbocycles. The Morgan fingerprint density at radius 2 is 2.05 bits per heavy atom. The van der Waals surface area contributed by atoms with Gasteiger partial charge in [-0.15, -0.1) is 0 Å². The molecule has 0 saturated heterocycles. The minimum Gasteiger partial charge on any atom is -0.490 e. The maximum atomic E-state index is 12.7. The Morgan fingerprint density at radius 3 is 2.57 bits per heavy atom. The van der Waals surface area contributed by atoms with Gasteiger partial charge in [-0.05, 0) is 41.9 Å². The van der Waals surface area contributed by atoms with E-state index in [1.54, 1.807) is 6.08 Å². The molecule has 110 valence electrons. The van der Waals surface area contributed by atoms with Crippen molar-refractivity contribution in [3.63, 3.8) is 0 Å². The summed E-state index contributed by atoms with van der Waals surface area (Å²) >= 11 is 0. The molecule has 0 amide bonds. The number of carbonyl (C=O) groups is 1. The van der Waals surface area contributed by atoms with Crippen LogP contribution in [-0.4, -0.2) is 12.4 Å². The molecule has 0 heterocycles. The van der Waals surface area contributed by atoms with E-state index in [0.29, 0.717) is 24.2 Å². The largest absolute Gasteiger partial charge is 0.490 e. The maximum Gasteiger partial charge on any atom is 0.143 e. The summed E-state index contributed by atoms with van der Waals surface area (Å²) in [5, 5.41) is 0. The Kier molecular flexibility index (Phi) is 2.50. The number of ketones is 1. The summed E-state index contributed by atoms with van der Waals surface area (Å²) in [6.45, 7) is 8.74. The van der Waals surface area contributed by atoms with Crippen molar-refractivity contribution in [2.45, 2.75) is 32.6 Å². The highest BCUT2D eigenvalue weighted by Crippen LogP contribution is 2.82. The van der Waals surface area contributed by atoms with Gasteiger partial charge in [-0.25, -0.2) is 0 Å². The highest BCUT2D eigenvalue weighted by Gasteiger charge is 2.81. The van der Waals surface area contributed by atoms with Crippen LogP contribution in [0.4, 0.5) is 0 Å². The molecule has 0 radical (unpaired) electrons. The quantitative estimate of drug-likeness (QED) is 0.781. The van der Waals surface area contributed by atoms with Gasteiger partial charge in [0, 0.05) is 17.3 Å². The lowest BCUT2D eigenvalue weighted by Crippen LogP contribution is -2.46. The monoisotopic (exact) mass is 282 g/mol. The summed E-state index contributed by atoms with van der Waals surface area (Å²) < 4.78 is 5.55. The molecule has 4 fully saturated rings. The second-order valence-electron chi connectivity index (χ2n) is 7.30. The first-order valence-corrected chi connectivity index (χ1v) is 7.92. The van der Waals surface area contributed by atoms with Gasteiger partial charge in [-0.1, -0.05) is 38.6 Å². The molecule has 0 aliphatic heterocycles. The summed E-state index contributed by atoms with van der Waals surface area (Å²) in [5.74, 6) is 2.70. The van der Waals surface area contributed by atoms with Crippen molar-refractivity contribution in [3.05, 3.63) is 42.5 Å². The highest BCUT2D eigenvalue weighted by atomic mass is 16.5. The number of rotatable bonds is 4. The molecular formula is C19H22O2. The molecule has 5 unspecified atom stereocenters. The van der Waals surface area contributed by atoms with Gasteiger partial charge >= 0.3 is 0 Å². The van der Waals surface area contributed by atoms with Crippen molar-refractivity contribution in [2.24, 2.45) is 22.7 Å². The van der Waals surface area contributed by atoms with Crippen LogP contribution in [0, 0.1) is 22.7 Å². The Hall–Kier alpha value is -1.57. The number of carbonyl (C=O) groups excluding carboxylic acids is 1. The van der Waals surface area contributed by atoms with Crippen molar-refractivity contribution in [2.75, 3.05) is 6.61 Å². The molecule has 0 spiro atoms. The van der Waals surface area contributed by atoms with E-state index < -0.39 is 0 Å². The van der Waals surface area contributed by atoms with Crippen molar-refractivity contribution < 1.29 is 9.53 Å². The van der Waals surface area contributed by atoms with E-state index in [9.17, 15) is 4.79 Å². The van der Waals surface area contributed by atoms with Crippen LogP contribution in [0.25, 0.3) is 0 Å². The molecule has 2 nitrogen and oxygen atoms in total. The third kappa shape index (κ3) is 1.32. The molecule has 0 N–H and O–H groups in total. The van der Waals surface area contributed by atoms with Crippen LogP contribution in [0.3, 0.4) is 0 Å². The fraction of sp³-hybridized carbons (Fsp3) is 0.526. The summed E-state index contributed by atoms with van der Waals surface area (Å²) in [5.41, 5.74) is 1.41. The zero-order valence-electron chi connectivity index (χ0n) is 12.8. The van der Waals surface area contributed by atoms with Crippen LogP contribution in [0.15, 0.2) is 36.9 Å². The van der Waals surface area contributed by atoms with Gasteiger partial charge in [-0.2, -0.15) is 0 Å². The lowest BCUT2D eigenvalue weighted by Gasteiger charge is -2.52. The van der Waals surface area contributed by atoms with Crippen LogP contribution < -0.4 is 4.74 Å². The van der Waals surface area contributed by atoms with Gasteiger partial charge in [0.05, 0.1) is 0 Å². The molecule has 0 aromatic heterocycles. The third-order valence-electron chi connectivity index (χ3n) is 6.81. The summed E-state index contributed by atoms with van der Waals surface area (Å²) in [6.07, 6.45) is 4.07. The number of benzene rings is 1. The maximum absolute atomic E-state index is 12.7. The summed E-state index contributed by atoms with van der Waals surface area (Å²) in [7, 11) is 0. The second-order valence-corrected chi connectivity index (χ2v) is 7.30. The zero-order chi connectivity index (χ0) is 14.8. The molecule has 1 aromatic carbocycles. The van der Waals surface area contributed by atoms with E-state index in [1.807, 2.05) is 12.1 Å². The molecule has 5 rings (SSSR count). The molecule has 1 aromatic rings. The van der Waals surface area contributed by atoms with Crippen LogP contribution in [0.5, 0.6) is 5.75 Å². The van der Waals surface area contributed by atoms with Gasteiger partial charge in [0.2, 0.25) is 0 Å². The average molecular weight is 282 g/mol. The number of ether oxygens (including phenoxy) is 1. The van der Waals surface area contributed by atoms with Crippen LogP contribution in [-0.2, 0) is 4.79 Å². The fourth-order valence-corrected chi connectivity index (χ4v) is 5.61. The van der Waals surface area contributed by atoms with E-state index in [2.05, 4.69) is 32.6 Å². The van der Waals surface area contributed by atoms with Crippen molar-refractivity contribution >= 4 is 5.78 Å². The van der Waals surface area contributed by atoms with Gasteiger partial charge in [0.1, 0.15) is 18.1 Å². The zero-order valence-corrected chi connectivity index (χ0v) is 12.8. The number of hydrogen-bond acceptors (Lipinski definition) is 2. The van der Waals surface area contributed by atoms with E-state index in [0.717, 1.165) is 12.2 Å². The first-order chi connectivity index (χ1) is 10.0. The van der Waals surface area contributed by atoms with E-state index >= 15 is 0 Å². The first kappa shape index (κ1) is 13.1. The van der Waals surface area contributed by atoms with E-state index in [1.165, 1.54) is 12.0 Å². The molecule has 21 heavy (non-hydrogen) atoms. The van der Waals surface area contributed by atoms with Crippen LogP contribution in [0.1, 0.15) is 38.2 Å². The lowest BCUT2D eigenvalue weighted by molar-refractivity contribution is -0.128. The normalized spacial score (nSPS) is 42.8. The fourth-order valence-electron chi connectivity index (χ4n) is 5.61. The van der Waals surface area contributed by atoms with Crippen LogP contribution >= 0.6 is 0 Å². The minimum absolute atomic E-state index is 0.0784. The topological polar surface area (TPSA) is 26.3 Å². The molecular weight excluding hydrogens is 260 g/mol. The smallest absolute Gasteiger partial charge is 0.143 e. The van der Waals surface area contributed by atoms with Gasteiger partial charge < -0.3 is 4.74 Å². The SMILES string of the molecule is C=CCOc1ccc(C2C3C(=O)C4(C)CCC3C24C)cc1. The predicted octanol–water partition coefficient (Wildman–Crippen LogP) is 3.97. The number of Topliss-reactive ketones (excluding diaryl/α,β-unsaturated/α-hetero) is 1. The van der Waals surface area contributed by atoms with Gasteiger partial charge in [-0.3, -0.25) is 4.79 Å². The molecule has 4 aliphatic rings. The third-order valence-corrected chi connectivity index (χ3v) is 6.81. The highest BCUT2D eigenvalue weighted by molar-refractivity contribution is 5.96. The van der Waals surface area contributed by atoms with E-state index in [4.69, 9.17) is 4.74 Å². The first-order valence-electron chi connectivity index (χ1n) is 7.92. The van der Waals surface area contributed by atoms with Gasteiger partial charge in [0.15, 0.2) is 0 Å². The molecule has 2 heteroatoms. The Labute approximate surface area is 126 Å². The average Bonchev–Trinajstić information content (AvgIpc) is 2.86. The van der Waals surface area contributed by atoms with E-state index in [-0.39, 0.29) is 16.7 Å². The predicted molar refractivity (Wildman–Crippen MR) is 82.3 cm³/mol. The van der Waals surface area contributed by atoms with Crippen molar-refractivity contribution in [1.29, 1.82) is 0 Å². The summed E-state index contributed by atoms with van der Waals surface area (Å²) in [6, 6.07) is 8.34. The van der Waals surface area contributed by atoms with Gasteiger partial charge in [0.25, 0.3) is 0 Å². The minimum atomic E-state index is -0.0784. The molecule has 4 bridgehead atoms. The number of hydrogen-bond donors (Lipinski definition) is 0. The van der Waals surface area contributed by atoms with Crippen molar-refractivity contribution in [1.82, 2.24) is 0 Å². The standard InChI is InChI=1S/C19H22O2/c1-4-11-21-13-7-5-12(6-8-13)16-15-14-9-10-18(2,17(15)20)19(14,16)3/h4-8,14-16H,1,9-11H2,2-3H3. The van der Waals surface area contributed by atoms with Crippen LogP contribution in [0.2, 0.25) is 0 Å². The Balaban J connectivity index is 1.64. The molecule has 5 atom stereocenters. The molecule has 4 aliphatic carbocycles.